The summed E-state index contributed by atoms with van der Waals surface area (Å²) in [5, 5.41) is 4.06. The summed E-state index contributed by atoms with van der Waals surface area (Å²) in [6.07, 6.45) is 1.71. The maximum atomic E-state index is 13.2. The fraction of sp³-hybridized carbons (Fsp3) is 0.316. The molecule has 1 atom stereocenters. The summed E-state index contributed by atoms with van der Waals surface area (Å²) in [5.74, 6) is -0.762. The Morgan fingerprint density at radius 1 is 1.15 bits per heavy atom. The second-order valence-corrected chi connectivity index (χ2v) is 7.61. The fourth-order valence-electron chi connectivity index (χ4n) is 3.14. The van der Waals surface area contributed by atoms with Crippen LogP contribution in [0.3, 0.4) is 0 Å². The highest BCUT2D eigenvalue weighted by Gasteiger charge is 2.26. The molecule has 3 rings (SSSR count). The molecule has 2 aromatic rings. The van der Waals surface area contributed by atoms with Crippen molar-refractivity contribution in [3.05, 3.63) is 62.8 Å². The third kappa shape index (κ3) is 4.68. The molecule has 1 fully saturated rings. The Morgan fingerprint density at radius 3 is 2.58 bits per heavy atom. The van der Waals surface area contributed by atoms with Gasteiger partial charge in [0, 0.05) is 34.4 Å². The zero-order valence-electron chi connectivity index (χ0n) is 13.9. The number of carbonyl (C=O) groups excluding carboxylic acids is 1. The van der Waals surface area contributed by atoms with E-state index in [1.54, 1.807) is 0 Å². The zero-order valence-corrected chi connectivity index (χ0v) is 16.2. The van der Waals surface area contributed by atoms with Gasteiger partial charge in [0.25, 0.3) is 0 Å². The molecule has 0 aliphatic carbocycles. The lowest BCUT2D eigenvalue weighted by atomic mass is 9.96. The van der Waals surface area contributed by atoms with Crippen molar-refractivity contribution in [2.24, 2.45) is 5.92 Å². The molecule has 0 aromatic heterocycles. The summed E-state index contributed by atoms with van der Waals surface area (Å²) in [4.78, 5) is 14.7. The van der Waals surface area contributed by atoms with Crippen molar-refractivity contribution in [1.82, 2.24) is 4.90 Å². The highest BCUT2D eigenvalue weighted by atomic mass is 35.5. The Morgan fingerprint density at radius 2 is 1.88 bits per heavy atom. The lowest BCUT2D eigenvalue weighted by Crippen LogP contribution is -2.40. The molecular formula is C19H18Cl3FN2O. The van der Waals surface area contributed by atoms with E-state index < -0.39 is 5.82 Å². The van der Waals surface area contributed by atoms with Crippen molar-refractivity contribution >= 4 is 46.4 Å². The lowest BCUT2D eigenvalue weighted by Gasteiger charge is -2.32. The van der Waals surface area contributed by atoms with Gasteiger partial charge in [-0.15, -0.1) is 0 Å². The van der Waals surface area contributed by atoms with Crippen molar-refractivity contribution < 1.29 is 9.18 Å². The molecule has 0 radical (unpaired) electrons. The number of likely N-dealkylation sites (tertiary alicyclic amines) is 1. The van der Waals surface area contributed by atoms with Crippen LogP contribution >= 0.6 is 34.8 Å². The summed E-state index contributed by atoms with van der Waals surface area (Å²) in [5.41, 5.74) is 1.37. The summed E-state index contributed by atoms with van der Waals surface area (Å²) >= 11 is 18.3. The Balaban J connectivity index is 1.64. The van der Waals surface area contributed by atoms with Crippen LogP contribution in [0, 0.1) is 11.7 Å². The SMILES string of the molecule is O=C(Nc1ccc(F)c(Cl)c1)C1CCCN(Cc2c(Cl)cccc2Cl)C1. The summed E-state index contributed by atoms with van der Waals surface area (Å²) in [7, 11) is 0. The lowest BCUT2D eigenvalue weighted by molar-refractivity contribution is -0.121. The summed E-state index contributed by atoms with van der Waals surface area (Å²) < 4.78 is 13.2. The standard InChI is InChI=1S/C19H18Cl3FN2O/c20-15-4-1-5-16(21)14(15)11-25-8-2-3-12(10-25)19(26)24-13-6-7-18(23)17(22)9-13/h1,4-7,9,12H,2-3,8,10-11H2,(H,24,26). The molecule has 7 heteroatoms. The van der Waals surface area contributed by atoms with Gasteiger partial charge >= 0.3 is 0 Å². The number of halogens is 4. The fourth-order valence-corrected chi connectivity index (χ4v) is 3.84. The van der Waals surface area contributed by atoms with Gasteiger partial charge in [0.2, 0.25) is 5.91 Å². The van der Waals surface area contributed by atoms with Gasteiger partial charge in [0.05, 0.1) is 10.9 Å². The van der Waals surface area contributed by atoms with E-state index in [1.165, 1.54) is 18.2 Å². The summed E-state index contributed by atoms with van der Waals surface area (Å²) in [6, 6.07) is 9.60. The first kappa shape index (κ1) is 19.4. The normalized spacial score (nSPS) is 17.9. The van der Waals surface area contributed by atoms with Crippen LogP contribution in [0.25, 0.3) is 0 Å². The first-order chi connectivity index (χ1) is 12.4. The molecule has 0 saturated carbocycles. The van der Waals surface area contributed by atoms with Gasteiger partial charge in [-0.1, -0.05) is 40.9 Å². The van der Waals surface area contributed by atoms with E-state index in [1.807, 2.05) is 18.2 Å². The van der Waals surface area contributed by atoms with Crippen molar-refractivity contribution in [3.63, 3.8) is 0 Å². The van der Waals surface area contributed by atoms with Gasteiger partial charge in [-0.25, -0.2) is 4.39 Å². The van der Waals surface area contributed by atoms with Crippen LogP contribution in [0.4, 0.5) is 10.1 Å². The van der Waals surface area contributed by atoms with Crippen molar-refractivity contribution in [2.75, 3.05) is 18.4 Å². The number of amides is 1. The van der Waals surface area contributed by atoms with Gasteiger partial charge in [-0.3, -0.25) is 9.69 Å². The average molecular weight is 416 g/mol. The molecule has 1 N–H and O–H groups in total. The highest BCUT2D eigenvalue weighted by molar-refractivity contribution is 6.36. The second-order valence-electron chi connectivity index (χ2n) is 6.39. The first-order valence-electron chi connectivity index (χ1n) is 8.35. The predicted molar refractivity (Wildman–Crippen MR) is 105 cm³/mol. The molecule has 2 aromatic carbocycles. The molecule has 3 nitrogen and oxygen atoms in total. The van der Waals surface area contributed by atoms with Crippen molar-refractivity contribution in [1.29, 1.82) is 0 Å². The second kappa shape index (κ2) is 8.57. The zero-order chi connectivity index (χ0) is 18.7. The third-order valence-corrected chi connectivity index (χ3v) is 5.50. The maximum Gasteiger partial charge on any atom is 0.228 e. The number of carbonyl (C=O) groups is 1. The van der Waals surface area contributed by atoms with Crippen molar-refractivity contribution in [3.8, 4) is 0 Å². The first-order valence-corrected chi connectivity index (χ1v) is 9.48. The molecule has 1 saturated heterocycles. The topological polar surface area (TPSA) is 32.3 Å². The van der Waals surface area contributed by atoms with Crippen LogP contribution in [0.1, 0.15) is 18.4 Å². The Hall–Kier alpha value is -1.33. The maximum absolute atomic E-state index is 13.2. The number of piperidine rings is 1. The van der Waals surface area contributed by atoms with E-state index in [0.29, 0.717) is 28.8 Å². The number of hydrogen-bond acceptors (Lipinski definition) is 2. The van der Waals surface area contributed by atoms with E-state index in [-0.39, 0.29) is 16.8 Å². The Kier molecular flexibility index (Phi) is 6.41. The Bertz CT molecular complexity index is 795. The number of hydrogen-bond donors (Lipinski definition) is 1. The molecule has 1 unspecified atom stereocenters. The van der Waals surface area contributed by atoms with E-state index >= 15 is 0 Å². The molecule has 0 bridgehead atoms. The van der Waals surface area contributed by atoms with Gasteiger partial charge in [-0.05, 0) is 49.7 Å². The average Bonchev–Trinajstić information content (AvgIpc) is 2.62. The molecule has 0 spiro atoms. The van der Waals surface area contributed by atoms with Crippen LogP contribution in [-0.2, 0) is 11.3 Å². The number of anilines is 1. The van der Waals surface area contributed by atoms with Crippen LogP contribution in [0.2, 0.25) is 15.1 Å². The van der Waals surface area contributed by atoms with Crippen LogP contribution < -0.4 is 5.32 Å². The van der Waals surface area contributed by atoms with Crippen LogP contribution in [0.15, 0.2) is 36.4 Å². The van der Waals surface area contributed by atoms with Crippen LogP contribution in [-0.4, -0.2) is 23.9 Å². The van der Waals surface area contributed by atoms with Gasteiger partial charge < -0.3 is 5.32 Å². The smallest absolute Gasteiger partial charge is 0.228 e. The largest absolute Gasteiger partial charge is 0.326 e. The van der Waals surface area contributed by atoms with E-state index in [9.17, 15) is 9.18 Å². The quantitative estimate of drug-likeness (QED) is 0.701. The molecule has 1 aliphatic heterocycles. The molecule has 26 heavy (non-hydrogen) atoms. The van der Waals surface area contributed by atoms with Gasteiger partial charge in [0.15, 0.2) is 0 Å². The molecular weight excluding hydrogens is 398 g/mol. The van der Waals surface area contributed by atoms with Crippen LogP contribution in [0.5, 0.6) is 0 Å². The molecule has 138 valence electrons. The molecule has 1 amide bonds. The molecule has 1 heterocycles. The highest BCUT2D eigenvalue weighted by Crippen LogP contribution is 2.28. The molecule has 1 aliphatic rings. The van der Waals surface area contributed by atoms with Crippen molar-refractivity contribution in [2.45, 2.75) is 19.4 Å². The monoisotopic (exact) mass is 414 g/mol. The number of nitrogens with one attached hydrogen (secondary N) is 1. The minimum Gasteiger partial charge on any atom is -0.326 e. The minimum absolute atomic E-state index is 0.0126. The Labute approximate surface area is 167 Å². The number of benzene rings is 2. The van der Waals surface area contributed by atoms with E-state index in [0.717, 1.165) is 24.9 Å². The summed E-state index contributed by atoms with van der Waals surface area (Å²) in [6.45, 7) is 2.10. The number of rotatable bonds is 4. The predicted octanol–water partition coefficient (Wildman–Crippen LogP) is 5.64. The van der Waals surface area contributed by atoms with E-state index in [4.69, 9.17) is 34.8 Å². The number of nitrogens with zero attached hydrogens (tertiary/aromatic N) is 1. The van der Waals surface area contributed by atoms with Gasteiger partial charge in [-0.2, -0.15) is 0 Å². The minimum atomic E-state index is -0.509. The van der Waals surface area contributed by atoms with E-state index in [2.05, 4.69) is 10.2 Å². The third-order valence-electron chi connectivity index (χ3n) is 4.51. The van der Waals surface area contributed by atoms with Gasteiger partial charge in [0.1, 0.15) is 5.82 Å².